The Morgan fingerprint density at radius 3 is 2.69 bits per heavy atom. The van der Waals surface area contributed by atoms with E-state index in [0.717, 1.165) is 0 Å². The second kappa shape index (κ2) is 7.40. The number of rotatable bonds is 2. The normalized spacial score (nSPS) is 7.77. The fraction of sp³-hybridized carbons (Fsp3) is 0.143. The first-order valence-corrected chi connectivity index (χ1v) is 2.91. The largest absolute Gasteiger partial charge is 1.00 e. The van der Waals surface area contributed by atoms with Crippen molar-refractivity contribution in [1.82, 2.24) is 9.97 Å². The van der Waals surface area contributed by atoms with Crippen molar-refractivity contribution in [1.29, 1.82) is 0 Å². The van der Waals surface area contributed by atoms with Crippen LogP contribution in [0.4, 0.5) is 0 Å². The smallest absolute Gasteiger partial charge is 0.467 e. The molecule has 1 amide bonds. The Morgan fingerprint density at radius 2 is 2.23 bits per heavy atom. The summed E-state index contributed by atoms with van der Waals surface area (Å²) in [5.74, 6) is -0.592. The molecule has 0 atom stereocenters. The quantitative estimate of drug-likeness (QED) is 0.415. The van der Waals surface area contributed by atoms with Crippen LogP contribution in [0, 0.1) is 7.43 Å². The number of nitrogens with zero attached hydrogens (tertiary/aromatic N) is 2. The molecule has 1 aromatic heterocycles. The van der Waals surface area contributed by atoms with Crippen LogP contribution in [0.1, 0.15) is 10.5 Å². The van der Waals surface area contributed by atoms with Crippen LogP contribution >= 0.6 is 0 Å². The first kappa shape index (κ1) is 15.5. The molecule has 0 aliphatic carbocycles. The third-order valence-corrected chi connectivity index (χ3v) is 1.07. The van der Waals surface area contributed by atoms with E-state index in [1.807, 2.05) is 0 Å². The minimum absolute atomic E-state index is 0. The fourth-order valence-electron chi connectivity index (χ4n) is 0.576. The Balaban J connectivity index is 0. The number of primary amides is 1. The molecule has 66 valence electrons. The number of hydrogen-bond donors (Lipinski definition) is 1. The van der Waals surface area contributed by atoms with Gasteiger partial charge in [-0.25, -0.2) is 4.98 Å². The minimum atomic E-state index is -0.592. The number of ether oxygens (including phenoxy) is 1. The van der Waals surface area contributed by atoms with Crippen molar-refractivity contribution in [3.8, 4) is 6.01 Å². The maximum atomic E-state index is 10.5. The van der Waals surface area contributed by atoms with Crippen molar-refractivity contribution in [2.75, 3.05) is 7.11 Å². The van der Waals surface area contributed by atoms with Gasteiger partial charge in [0.25, 0.3) is 5.91 Å². The van der Waals surface area contributed by atoms with Crippen LogP contribution < -0.4 is 61.9 Å². The van der Waals surface area contributed by atoms with Crippen molar-refractivity contribution < 1.29 is 60.9 Å². The molecular weight excluding hydrogens is 197 g/mol. The van der Waals surface area contributed by atoms with Crippen LogP contribution in [0.5, 0.6) is 6.01 Å². The van der Waals surface area contributed by atoms with E-state index in [1.54, 1.807) is 0 Å². The maximum Gasteiger partial charge on any atom is 1.00 e. The molecule has 0 aliphatic heterocycles. The van der Waals surface area contributed by atoms with Crippen molar-refractivity contribution in [3.05, 3.63) is 25.4 Å². The van der Waals surface area contributed by atoms with Gasteiger partial charge < -0.3 is 17.9 Å². The number of nitrogens with two attached hydrogens (primary N) is 1. The number of hydrogen-bond acceptors (Lipinski definition) is 4. The molecular formula is C7H10KN3O2. The molecule has 0 saturated carbocycles. The molecule has 13 heavy (non-hydrogen) atoms. The summed E-state index contributed by atoms with van der Waals surface area (Å²) in [5, 5.41) is 0. The molecule has 1 aromatic rings. The van der Waals surface area contributed by atoms with E-state index >= 15 is 0 Å². The average molecular weight is 207 g/mol. The first-order chi connectivity index (χ1) is 5.24. The zero-order chi connectivity index (χ0) is 8.27. The van der Waals surface area contributed by atoms with E-state index in [-0.39, 0.29) is 70.5 Å². The molecule has 1 heterocycles. The van der Waals surface area contributed by atoms with Crippen molar-refractivity contribution >= 4 is 5.91 Å². The Kier molecular flexibility index (Phi) is 8.79. The molecule has 6 heteroatoms. The zero-order valence-electron chi connectivity index (χ0n) is 7.94. The average Bonchev–Trinajstić information content (AvgIpc) is 2.05. The summed E-state index contributed by atoms with van der Waals surface area (Å²) in [6, 6.07) is 1.56. The standard InChI is InChI=1S/C6H7N3O2.CH3.K/c1-11-6-8-3-2-4(9-6)5(7)10;;/h2-3H,1H3,(H2,7,10);1H3;/q;-1;+1. The number of carbonyl (C=O) groups excluding carboxylic acids is 1. The van der Waals surface area contributed by atoms with Gasteiger partial charge in [-0.05, 0) is 6.07 Å². The van der Waals surface area contributed by atoms with Gasteiger partial charge in [0.05, 0.1) is 7.11 Å². The molecule has 0 unspecified atom stereocenters. The summed E-state index contributed by atoms with van der Waals surface area (Å²) in [5.41, 5.74) is 5.10. The SMILES string of the molecule is COc1nccc(C(N)=O)n1.[CH3-].[K+]. The van der Waals surface area contributed by atoms with E-state index in [1.165, 1.54) is 19.4 Å². The number of methoxy groups -OCH3 is 1. The van der Waals surface area contributed by atoms with Gasteiger partial charge in [-0.3, -0.25) is 4.79 Å². The van der Waals surface area contributed by atoms with E-state index in [9.17, 15) is 4.79 Å². The summed E-state index contributed by atoms with van der Waals surface area (Å²) in [4.78, 5) is 17.9. The molecule has 0 aromatic carbocycles. The molecule has 2 N–H and O–H groups in total. The van der Waals surface area contributed by atoms with E-state index in [4.69, 9.17) is 5.73 Å². The van der Waals surface area contributed by atoms with Crippen LogP contribution in [-0.4, -0.2) is 23.0 Å². The van der Waals surface area contributed by atoms with Gasteiger partial charge in [-0.15, -0.1) is 0 Å². The molecule has 0 fully saturated rings. The fourth-order valence-corrected chi connectivity index (χ4v) is 0.576. The molecule has 0 spiro atoms. The van der Waals surface area contributed by atoms with Gasteiger partial charge in [0.15, 0.2) is 0 Å². The maximum absolute atomic E-state index is 10.5. The molecule has 0 radical (unpaired) electrons. The summed E-state index contributed by atoms with van der Waals surface area (Å²) >= 11 is 0. The Hall–Kier alpha value is -0.0136. The summed E-state index contributed by atoms with van der Waals surface area (Å²) in [6.07, 6.45) is 1.41. The molecule has 0 aliphatic rings. The second-order valence-corrected chi connectivity index (χ2v) is 1.79. The Labute approximate surface area is 120 Å². The van der Waals surface area contributed by atoms with Crippen molar-refractivity contribution in [2.45, 2.75) is 0 Å². The Morgan fingerprint density at radius 1 is 1.62 bits per heavy atom. The minimum Gasteiger partial charge on any atom is -0.467 e. The third-order valence-electron chi connectivity index (χ3n) is 1.07. The van der Waals surface area contributed by atoms with Crippen molar-refractivity contribution in [3.63, 3.8) is 0 Å². The van der Waals surface area contributed by atoms with Crippen LogP contribution in [0.25, 0.3) is 0 Å². The van der Waals surface area contributed by atoms with Gasteiger partial charge in [-0.1, -0.05) is 0 Å². The van der Waals surface area contributed by atoms with Gasteiger partial charge >= 0.3 is 57.4 Å². The summed E-state index contributed by atoms with van der Waals surface area (Å²) in [7, 11) is 1.42. The number of amides is 1. The summed E-state index contributed by atoms with van der Waals surface area (Å²) < 4.78 is 4.68. The van der Waals surface area contributed by atoms with Gasteiger partial charge in [0, 0.05) is 6.20 Å². The molecule has 5 nitrogen and oxygen atoms in total. The van der Waals surface area contributed by atoms with Gasteiger partial charge in [-0.2, -0.15) is 4.98 Å². The monoisotopic (exact) mass is 207 g/mol. The predicted molar refractivity (Wildman–Crippen MR) is 43.5 cm³/mol. The summed E-state index contributed by atoms with van der Waals surface area (Å²) in [6.45, 7) is 0. The third kappa shape index (κ3) is 4.68. The molecule has 0 saturated heterocycles. The van der Waals surface area contributed by atoms with E-state index in [2.05, 4.69) is 14.7 Å². The predicted octanol–water partition coefficient (Wildman–Crippen LogP) is -2.96. The van der Waals surface area contributed by atoms with Gasteiger partial charge in [0.2, 0.25) is 0 Å². The van der Waals surface area contributed by atoms with Crippen LogP contribution in [0.3, 0.4) is 0 Å². The van der Waals surface area contributed by atoms with Crippen LogP contribution in [-0.2, 0) is 0 Å². The molecule has 0 bridgehead atoms. The van der Waals surface area contributed by atoms with E-state index < -0.39 is 5.91 Å². The zero-order valence-corrected chi connectivity index (χ0v) is 11.1. The number of aromatic nitrogens is 2. The first-order valence-electron chi connectivity index (χ1n) is 2.91. The number of carbonyl (C=O) groups is 1. The topological polar surface area (TPSA) is 78.1 Å². The van der Waals surface area contributed by atoms with Gasteiger partial charge in [0.1, 0.15) is 5.69 Å². The van der Waals surface area contributed by atoms with E-state index in [0.29, 0.717) is 0 Å². The second-order valence-electron chi connectivity index (χ2n) is 1.79. The van der Waals surface area contributed by atoms with Crippen LogP contribution in [0.15, 0.2) is 12.3 Å². The van der Waals surface area contributed by atoms with Crippen LogP contribution in [0.2, 0.25) is 0 Å². The Bertz CT molecular complexity index is 280. The molecule has 1 rings (SSSR count). The van der Waals surface area contributed by atoms with Crippen molar-refractivity contribution in [2.24, 2.45) is 5.73 Å².